The zero-order chi connectivity index (χ0) is 21.5. The van der Waals surface area contributed by atoms with Gasteiger partial charge in [-0.15, -0.1) is 0 Å². The molecule has 2 aromatic heterocycles. The predicted molar refractivity (Wildman–Crippen MR) is 102 cm³/mol. The Morgan fingerprint density at radius 2 is 2.07 bits per heavy atom. The number of aromatic amines is 1. The van der Waals surface area contributed by atoms with Gasteiger partial charge in [-0.25, -0.2) is 15.0 Å². The van der Waals surface area contributed by atoms with Crippen molar-refractivity contribution in [2.45, 2.75) is 18.2 Å². The third kappa shape index (κ3) is 3.92. The summed E-state index contributed by atoms with van der Waals surface area (Å²) in [6, 6.07) is 5.82. The fourth-order valence-corrected chi connectivity index (χ4v) is 3.62. The lowest BCUT2D eigenvalue weighted by atomic mass is 10.0. The van der Waals surface area contributed by atoms with Crippen molar-refractivity contribution in [2.75, 3.05) is 31.6 Å². The number of alkyl halides is 3. The van der Waals surface area contributed by atoms with Gasteiger partial charge in [-0.3, -0.25) is 4.79 Å². The summed E-state index contributed by atoms with van der Waals surface area (Å²) in [6.45, 7) is 0.871. The van der Waals surface area contributed by atoms with Crippen molar-refractivity contribution in [3.05, 3.63) is 48.0 Å². The van der Waals surface area contributed by atoms with Gasteiger partial charge in [0, 0.05) is 31.5 Å². The Morgan fingerprint density at radius 1 is 1.33 bits per heavy atom. The summed E-state index contributed by atoms with van der Waals surface area (Å²) in [4.78, 5) is 30.0. The van der Waals surface area contributed by atoms with Crippen LogP contribution in [0.2, 0.25) is 0 Å². The highest BCUT2D eigenvalue weighted by molar-refractivity contribution is 5.97. The van der Waals surface area contributed by atoms with Crippen molar-refractivity contribution < 1.29 is 23.1 Å². The lowest BCUT2D eigenvalue weighted by molar-refractivity contribution is -0.144. The van der Waals surface area contributed by atoms with Crippen LogP contribution in [0, 0.1) is 0 Å². The number of imidazole rings is 1. The Balaban J connectivity index is 1.47. The molecule has 1 atom stereocenters. The normalized spacial score (nSPS) is 19.4. The van der Waals surface area contributed by atoms with E-state index in [9.17, 15) is 23.1 Å². The number of amides is 1. The summed E-state index contributed by atoms with van der Waals surface area (Å²) >= 11 is 0. The summed E-state index contributed by atoms with van der Waals surface area (Å²) in [5.41, 5.74) is -0.708. The number of carbonyl (C=O) groups excluding carboxylic acids is 1. The van der Waals surface area contributed by atoms with E-state index in [0.29, 0.717) is 18.9 Å². The first-order chi connectivity index (χ1) is 14.1. The molecule has 1 fully saturated rings. The van der Waals surface area contributed by atoms with Crippen LogP contribution in [0.5, 0.6) is 0 Å². The second kappa shape index (κ2) is 7.24. The van der Waals surface area contributed by atoms with Crippen LogP contribution in [-0.4, -0.2) is 68.1 Å². The maximum atomic E-state index is 12.8. The third-order valence-corrected chi connectivity index (χ3v) is 5.04. The number of β-amino-alcohol motifs (C(OH)–C–C–N with tert-alkyl or cyclic N) is 1. The Morgan fingerprint density at radius 3 is 2.77 bits per heavy atom. The van der Waals surface area contributed by atoms with E-state index in [1.165, 1.54) is 23.1 Å². The number of nitrogens with one attached hydrogen (secondary N) is 1. The van der Waals surface area contributed by atoms with E-state index in [4.69, 9.17) is 0 Å². The molecule has 0 bridgehead atoms. The molecule has 3 heterocycles. The van der Waals surface area contributed by atoms with E-state index in [0.717, 1.165) is 0 Å². The van der Waals surface area contributed by atoms with Crippen LogP contribution in [0.25, 0.3) is 11.0 Å². The van der Waals surface area contributed by atoms with Crippen LogP contribution < -0.4 is 4.90 Å². The largest absolute Gasteiger partial charge is 0.449 e. The molecule has 11 heteroatoms. The summed E-state index contributed by atoms with van der Waals surface area (Å²) in [5, 5.41) is 10.9. The van der Waals surface area contributed by atoms with Gasteiger partial charge in [-0.2, -0.15) is 13.2 Å². The molecular weight excluding hydrogens is 401 g/mol. The van der Waals surface area contributed by atoms with Crippen molar-refractivity contribution in [3.63, 3.8) is 0 Å². The number of carbonyl (C=O) groups is 1. The van der Waals surface area contributed by atoms with E-state index in [-0.39, 0.29) is 29.7 Å². The fourth-order valence-electron chi connectivity index (χ4n) is 3.62. The smallest absolute Gasteiger partial charge is 0.386 e. The van der Waals surface area contributed by atoms with Crippen molar-refractivity contribution in [1.82, 2.24) is 24.8 Å². The molecule has 4 rings (SSSR count). The molecular formula is C19H19F3N6O2. The summed E-state index contributed by atoms with van der Waals surface area (Å²) in [6.07, 6.45) is -0.937. The maximum absolute atomic E-state index is 12.8. The van der Waals surface area contributed by atoms with Gasteiger partial charge in [0.1, 0.15) is 5.60 Å². The van der Waals surface area contributed by atoms with Crippen molar-refractivity contribution in [2.24, 2.45) is 0 Å². The number of aliphatic hydroxyl groups is 1. The molecule has 8 nitrogen and oxygen atoms in total. The van der Waals surface area contributed by atoms with Crippen LogP contribution >= 0.6 is 0 Å². The zero-order valence-electron chi connectivity index (χ0n) is 16.0. The molecule has 158 valence electrons. The standard InChI is InChI=1S/C19H19F3N6O2/c1-27(10-18(30)5-8-28(11-18)17-23-6-2-7-24-17)15(29)12-3-4-13-14(9-12)26-16(25-13)19(20,21)22/h2-4,6-7,9,30H,5,8,10-11H2,1H3,(H,25,26)/t18-/m0/s1. The average molecular weight is 420 g/mol. The number of aromatic nitrogens is 4. The second-order valence-electron chi connectivity index (χ2n) is 7.42. The second-order valence-corrected chi connectivity index (χ2v) is 7.42. The first-order valence-corrected chi connectivity index (χ1v) is 9.21. The minimum Gasteiger partial charge on any atom is -0.386 e. The van der Waals surface area contributed by atoms with Crippen LogP contribution in [0.15, 0.2) is 36.7 Å². The quantitative estimate of drug-likeness (QED) is 0.671. The van der Waals surface area contributed by atoms with Gasteiger partial charge in [-0.05, 0) is 30.7 Å². The number of nitrogens with zero attached hydrogens (tertiary/aromatic N) is 5. The van der Waals surface area contributed by atoms with Crippen molar-refractivity contribution in [1.29, 1.82) is 0 Å². The number of likely N-dealkylation sites (N-methyl/N-ethyl adjacent to an activating group) is 1. The molecule has 1 aliphatic rings. The number of hydrogen-bond acceptors (Lipinski definition) is 6. The van der Waals surface area contributed by atoms with Crippen LogP contribution in [0.1, 0.15) is 22.6 Å². The topological polar surface area (TPSA) is 98.2 Å². The number of fused-ring (bicyclic) bond motifs is 1. The Kier molecular flexibility index (Phi) is 4.85. The lowest BCUT2D eigenvalue weighted by Crippen LogP contribution is -2.46. The van der Waals surface area contributed by atoms with Crippen LogP contribution in [-0.2, 0) is 6.18 Å². The molecule has 0 spiro atoms. The predicted octanol–water partition coefficient (Wildman–Crippen LogP) is 2.09. The summed E-state index contributed by atoms with van der Waals surface area (Å²) < 4.78 is 38.5. The molecule has 1 amide bonds. The fraction of sp³-hybridized carbons (Fsp3) is 0.368. The third-order valence-electron chi connectivity index (χ3n) is 5.04. The molecule has 0 unspecified atom stereocenters. The molecule has 0 aliphatic carbocycles. The Labute approximate surface area is 169 Å². The van der Waals surface area contributed by atoms with Crippen LogP contribution in [0.3, 0.4) is 0 Å². The van der Waals surface area contributed by atoms with E-state index in [1.54, 1.807) is 25.5 Å². The van der Waals surface area contributed by atoms with Crippen molar-refractivity contribution >= 4 is 22.9 Å². The summed E-state index contributed by atoms with van der Waals surface area (Å²) in [5.74, 6) is -1.02. The van der Waals surface area contributed by atoms with Gasteiger partial charge in [0.05, 0.1) is 24.1 Å². The molecule has 0 saturated carbocycles. The van der Waals surface area contributed by atoms with Gasteiger partial charge in [-0.1, -0.05) is 0 Å². The average Bonchev–Trinajstić information content (AvgIpc) is 3.31. The molecule has 0 radical (unpaired) electrons. The molecule has 1 saturated heterocycles. The van der Waals surface area contributed by atoms with Gasteiger partial charge < -0.3 is 19.9 Å². The molecule has 1 aromatic carbocycles. The number of hydrogen-bond donors (Lipinski definition) is 2. The van der Waals surface area contributed by atoms with Crippen LogP contribution in [0.4, 0.5) is 19.1 Å². The number of benzene rings is 1. The highest BCUT2D eigenvalue weighted by atomic mass is 19.4. The SMILES string of the molecule is CN(C[C@@]1(O)CCN(c2ncccn2)C1)C(=O)c1ccc2nc(C(F)(F)F)[nH]c2c1. The monoisotopic (exact) mass is 420 g/mol. The molecule has 1 aliphatic heterocycles. The highest BCUT2D eigenvalue weighted by Crippen LogP contribution is 2.29. The maximum Gasteiger partial charge on any atom is 0.449 e. The number of rotatable bonds is 4. The van der Waals surface area contributed by atoms with Gasteiger partial charge in [0.25, 0.3) is 5.91 Å². The lowest BCUT2D eigenvalue weighted by Gasteiger charge is -2.29. The Hall–Kier alpha value is -3.21. The zero-order valence-corrected chi connectivity index (χ0v) is 16.0. The number of anilines is 1. The Bertz CT molecular complexity index is 1070. The molecule has 30 heavy (non-hydrogen) atoms. The van der Waals surface area contributed by atoms with Gasteiger partial charge >= 0.3 is 6.18 Å². The first kappa shape index (κ1) is 20.1. The number of H-pyrrole nitrogens is 1. The van der Waals surface area contributed by atoms with E-state index in [2.05, 4.69) is 19.9 Å². The van der Waals surface area contributed by atoms with Gasteiger partial charge in [0.2, 0.25) is 11.8 Å². The summed E-state index contributed by atoms with van der Waals surface area (Å²) in [7, 11) is 1.54. The molecule has 2 N–H and O–H groups in total. The minimum atomic E-state index is -4.60. The number of halogens is 3. The molecule has 3 aromatic rings. The van der Waals surface area contributed by atoms with Crippen molar-refractivity contribution in [3.8, 4) is 0 Å². The van der Waals surface area contributed by atoms with Gasteiger partial charge in [0.15, 0.2) is 0 Å². The van der Waals surface area contributed by atoms with E-state index < -0.39 is 23.5 Å². The van der Waals surface area contributed by atoms with E-state index in [1.807, 2.05) is 4.90 Å². The highest BCUT2D eigenvalue weighted by Gasteiger charge is 2.39. The minimum absolute atomic E-state index is 0.0595. The van der Waals surface area contributed by atoms with E-state index >= 15 is 0 Å². The first-order valence-electron chi connectivity index (χ1n) is 9.21.